The summed E-state index contributed by atoms with van der Waals surface area (Å²) >= 11 is 0. The summed E-state index contributed by atoms with van der Waals surface area (Å²) in [6, 6.07) is 12.6. The molecule has 2 atom stereocenters. The number of fused-ring (bicyclic) bond motifs is 3. The maximum absolute atomic E-state index is 11.7. The van der Waals surface area contributed by atoms with E-state index in [4.69, 9.17) is 9.47 Å². The van der Waals surface area contributed by atoms with Crippen molar-refractivity contribution in [1.82, 2.24) is 4.98 Å². The number of para-hydroxylation sites is 1. The highest BCUT2D eigenvalue weighted by Gasteiger charge is 2.36. The zero-order chi connectivity index (χ0) is 18.3. The molecule has 6 nitrogen and oxygen atoms in total. The molecular weight excluding hydrogens is 332 g/mol. The molecule has 6 heteroatoms. The predicted molar refractivity (Wildman–Crippen MR) is 94.1 cm³/mol. The third kappa shape index (κ3) is 2.59. The fourth-order valence-corrected chi connectivity index (χ4v) is 3.83. The van der Waals surface area contributed by atoms with Gasteiger partial charge in [0, 0.05) is 17.3 Å². The van der Waals surface area contributed by atoms with E-state index in [9.17, 15) is 9.90 Å². The van der Waals surface area contributed by atoms with Crippen molar-refractivity contribution in [2.24, 2.45) is 0 Å². The smallest absolute Gasteiger partial charge is 0.157 e. The van der Waals surface area contributed by atoms with Crippen molar-refractivity contribution in [3.05, 3.63) is 59.3 Å². The van der Waals surface area contributed by atoms with Crippen molar-refractivity contribution < 1.29 is 24.7 Å². The van der Waals surface area contributed by atoms with Gasteiger partial charge in [0.15, 0.2) is 6.04 Å². The van der Waals surface area contributed by atoms with Crippen LogP contribution >= 0.6 is 0 Å². The van der Waals surface area contributed by atoms with Gasteiger partial charge in [-0.15, -0.1) is 0 Å². The molecule has 4 rings (SSSR count). The summed E-state index contributed by atoms with van der Waals surface area (Å²) in [5, 5.41) is 14.5. The Morgan fingerprint density at radius 3 is 2.73 bits per heavy atom. The minimum absolute atomic E-state index is 0.251. The highest BCUT2D eigenvalue weighted by atomic mass is 16.5. The standard InChI is InChI=1S/C20H20N2O4/c1-25-11-7-8-17(26-2)14(9-11)19-18-13(10-16(22-19)20(23)24)12-5-3-4-6-15(12)21-18/h3-9,16,19,21-22H,10H2,1-2H3,(H,23,24)/t16-,19+/m1/s1. The van der Waals surface area contributed by atoms with Gasteiger partial charge in [0.1, 0.15) is 17.5 Å². The lowest BCUT2D eigenvalue weighted by atomic mass is 9.90. The molecular formula is C20H20N2O4. The Kier molecular flexibility index (Phi) is 4.05. The van der Waals surface area contributed by atoms with Crippen molar-refractivity contribution >= 4 is 16.9 Å². The van der Waals surface area contributed by atoms with E-state index in [1.165, 1.54) is 0 Å². The molecule has 1 aromatic heterocycles. The second-order valence-electron chi connectivity index (χ2n) is 6.47. The van der Waals surface area contributed by atoms with Gasteiger partial charge in [-0.05, 0) is 29.8 Å². The number of aromatic amines is 1. The SMILES string of the molecule is COc1ccc(OC)c([C@@H]2[NH2+][C@@H](C(=O)[O-])Cc3c2[nH]c2ccccc32)c1. The Labute approximate surface area is 150 Å². The van der Waals surface area contributed by atoms with Crippen molar-refractivity contribution in [2.45, 2.75) is 18.5 Å². The first-order valence-corrected chi connectivity index (χ1v) is 8.49. The molecule has 1 aliphatic rings. The number of hydrogen-bond donors (Lipinski definition) is 2. The number of quaternary nitrogens is 1. The first-order valence-electron chi connectivity index (χ1n) is 8.49. The summed E-state index contributed by atoms with van der Waals surface area (Å²) in [5.74, 6) is 0.325. The van der Waals surface area contributed by atoms with Crippen LogP contribution in [0, 0.1) is 0 Å². The number of ether oxygens (including phenoxy) is 2. The van der Waals surface area contributed by atoms with E-state index in [1.54, 1.807) is 14.2 Å². The van der Waals surface area contributed by atoms with Gasteiger partial charge >= 0.3 is 0 Å². The molecule has 0 amide bonds. The molecule has 3 aromatic rings. The van der Waals surface area contributed by atoms with Gasteiger partial charge in [0.25, 0.3) is 0 Å². The number of methoxy groups -OCH3 is 2. The fraction of sp³-hybridized carbons (Fsp3) is 0.250. The van der Waals surface area contributed by atoms with Crippen LogP contribution in [0.15, 0.2) is 42.5 Å². The zero-order valence-electron chi connectivity index (χ0n) is 14.6. The Hall–Kier alpha value is -2.99. The van der Waals surface area contributed by atoms with Gasteiger partial charge in [-0.3, -0.25) is 0 Å². The van der Waals surface area contributed by atoms with Crippen LogP contribution in [0.4, 0.5) is 0 Å². The van der Waals surface area contributed by atoms with Gasteiger partial charge in [-0.1, -0.05) is 18.2 Å². The lowest BCUT2D eigenvalue weighted by molar-refractivity contribution is -0.717. The van der Waals surface area contributed by atoms with E-state index in [0.717, 1.165) is 27.7 Å². The molecule has 2 aromatic carbocycles. The number of carboxylic acid groups (broad SMARTS) is 1. The number of carbonyl (C=O) groups is 1. The topological polar surface area (TPSA) is 91.0 Å². The number of nitrogens with two attached hydrogens (primary N) is 1. The van der Waals surface area contributed by atoms with Gasteiger partial charge in [0.05, 0.1) is 31.4 Å². The third-order valence-corrected chi connectivity index (χ3v) is 5.08. The number of hydrogen-bond acceptors (Lipinski definition) is 4. The molecule has 0 fully saturated rings. The molecule has 1 aliphatic heterocycles. The number of carboxylic acids is 1. The fourth-order valence-electron chi connectivity index (χ4n) is 3.83. The van der Waals surface area contributed by atoms with Crippen LogP contribution in [0.2, 0.25) is 0 Å². The average molecular weight is 352 g/mol. The molecule has 134 valence electrons. The highest BCUT2D eigenvalue weighted by Crippen LogP contribution is 2.36. The maximum atomic E-state index is 11.7. The van der Waals surface area contributed by atoms with E-state index in [0.29, 0.717) is 17.9 Å². The van der Waals surface area contributed by atoms with Crippen LogP contribution in [0.25, 0.3) is 10.9 Å². The second-order valence-corrected chi connectivity index (χ2v) is 6.47. The molecule has 0 aliphatic carbocycles. The Bertz CT molecular complexity index is 979. The lowest BCUT2D eigenvalue weighted by Gasteiger charge is -2.29. The zero-order valence-corrected chi connectivity index (χ0v) is 14.6. The minimum atomic E-state index is -1.06. The van der Waals surface area contributed by atoms with Crippen LogP contribution in [-0.4, -0.2) is 31.2 Å². The van der Waals surface area contributed by atoms with Crippen molar-refractivity contribution in [3.63, 3.8) is 0 Å². The summed E-state index contributed by atoms with van der Waals surface area (Å²) in [6.07, 6.45) is 0.421. The molecule has 0 bridgehead atoms. The molecule has 0 saturated carbocycles. The summed E-state index contributed by atoms with van der Waals surface area (Å²) in [4.78, 5) is 15.1. The number of aromatic nitrogens is 1. The van der Waals surface area contributed by atoms with Crippen molar-refractivity contribution in [1.29, 1.82) is 0 Å². The van der Waals surface area contributed by atoms with E-state index >= 15 is 0 Å². The number of aliphatic carboxylic acids is 1. The molecule has 0 spiro atoms. The number of benzene rings is 2. The quantitative estimate of drug-likeness (QED) is 0.716. The molecule has 0 radical (unpaired) electrons. The van der Waals surface area contributed by atoms with Crippen molar-refractivity contribution in [3.8, 4) is 11.5 Å². The normalized spacial score (nSPS) is 19.2. The molecule has 2 heterocycles. The van der Waals surface area contributed by atoms with Crippen molar-refractivity contribution in [2.75, 3.05) is 14.2 Å². The lowest BCUT2D eigenvalue weighted by Crippen LogP contribution is -2.95. The summed E-state index contributed by atoms with van der Waals surface area (Å²) in [7, 11) is 3.21. The second kappa shape index (κ2) is 6.38. The first-order chi connectivity index (χ1) is 12.6. The van der Waals surface area contributed by atoms with Gasteiger partial charge < -0.3 is 29.7 Å². The average Bonchev–Trinajstić information content (AvgIpc) is 3.05. The van der Waals surface area contributed by atoms with E-state index in [1.807, 2.05) is 47.8 Å². The number of carbonyl (C=O) groups excluding carboxylic acids is 1. The van der Waals surface area contributed by atoms with Crippen LogP contribution in [0.5, 0.6) is 11.5 Å². The molecule has 0 saturated heterocycles. The van der Waals surface area contributed by atoms with Crippen LogP contribution in [0.1, 0.15) is 22.9 Å². The molecule has 0 unspecified atom stereocenters. The van der Waals surface area contributed by atoms with E-state index in [-0.39, 0.29) is 6.04 Å². The monoisotopic (exact) mass is 352 g/mol. The van der Waals surface area contributed by atoms with Crippen LogP contribution < -0.4 is 19.9 Å². The predicted octanol–water partition coefficient (Wildman–Crippen LogP) is 0.513. The molecule has 3 N–H and O–H groups in total. The number of H-pyrrole nitrogens is 1. The Morgan fingerprint density at radius 1 is 1.19 bits per heavy atom. The van der Waals surface area contributed by atoms with Gasteiger partial charge in [0.2, 0.25) is 0 Å². The van der Waals surface area contributed by atoms with E-state index < -0.39 is 12.0 Å². The maximum Gasteiger partial charge on any atom is 0.157 e. The van der Waals surface area contributed by atoms with Crippen LogP contribution in [0.3, 0.4) is 0 Å². The van der Waals surface area contributed by atoms with Crippen LogP contribution in [-0.2, 0) is 11.2 Å². The number of rotatable bonds is 4. The number of nitrogens with one attached hydrogen (secondary N) is 1. The first kappa shape index (κ1) is 16.5. The third-order valence-electron chi connectivity index (χ3n) is 5.08. The highest BCUT2D eigenvalue weighted by molar-refractivity contribution is 5.86. The summed E-state index contributed by atoms with van der Waals surface area (Å²) in [5.41, 5.74) is 3.88. The van der Waals surface area contributed by atoms with E-state index in [2.05, 4.69) is 4.98 Å². The van der Waals surface area contributed by atoms with Gasteiger partial charge in [-0.2, -0.15) is 0 Å². The Balaban J connectivity index is 1.93. The van der Waals surface area contributed by atoms with Gasteiger partial charge in [-0.25, -0.2) is 0 Å². The molecule has 26 heavy (non-hydrogen) atoms. The summed E-state index contributed by atoms with van der Waals surface area (Å²) in [6.45, 7) is 0. The largest absolute Gasteiger partial charge is 0.544 e. The Morgan fingerprint density at radius 2 is 2.00 bits per heavy atom. The summed E-state index contributed by atoms with van der Waals surface area (Å²) < 4.78 is 10.9. The minimum Gasteiger partial charge on any atom is -0.544 e.